The van der Waals surface area contributed by atoms with Crippen LogP contribution in [0.25, 0.3) is 0 Å². The van der Waals surface area contributed by atoms with Crippen LogP contribution in [0.3, 0.4) is 0 Å². The Kier molecular flexibility index (Phi) is 4.52. The van der Waals surface area contributed by atoms with E-state index in [0.717, 1.165) is 24.2 Å². The Morgan fingerprint density at radius 3 is 2.61 bits per heavy atom. The zero-order valence-electron chi connectivity index (χ0n) is 13.5. The molecule has 6 nitrogen and oxygen atoms in total. The molecule has 2 fully saturated rings. The minimum absolute atomic E-state index is 0.0575. The summed E-state index contributed by atoms with van der Waals surface area (Å²) in [5, 5.41) is 9.16. The second-order valence-electron chi connectivity index (χ2n) is 6.31. The van der Waals surface area contributed by atoms with E-state index in [0.29, 0.717) is 5.92 Å². The van der Waals surface area contributed by atoms with Crippen LogP contribution in [0.5, 0.6) is 5.75 Å². The molecule has 0 spiro atoms. The van der Waals surface area contributed by atoms with Crippen LogP contribution in [-0.4, -0.2) is 31.1 Å². The fourth-order valence-electron chi connectivity index (χ4n) is 2.88. The molecule has 1 aromatic rings. The number of hydrogen-bond donors (Lipinski definition) is 3. The minimum Gasteiger partial charge on any atom is -0.497 e. The average Bonchev–Trinajstić information content (AvgIpc) is 3.39. The summed E-state index contributed by atoms with van der Waals surface area (Å²) < 4.78 is 5.14. The Labute approximate surface area is 136 Å². The van der Waals surface area contributed by atoms with Gasteiger partial charge >= 0.3 is 0 Å². The van der Waals surface area contributed by atoms with E-state index in [-0.39, 0.29) is 30.4 Å². The number of methoxy groups -OCH3 is 1. The number of rotatable bonds is 5. The molecule has 3 atom stereocenters. The highest BCUT2D eigenvalue weighted by Crippen LogP contribution is 2.32. The standard InChI is InChI=1S/C17H23N3O3/c1-10(11-5-7-13(23-2)8-6-11)18-17(22)14-9-15(21)20-16(19-14)12-3-4-12/h5-8,10,12,14,16,19H,3-4,9H2,1-2H3,(H,18,22)(H,20,21)/t10-,14?,16?/m1/s1. The Morgan fingerprint density at radius 2 is 2.00 bits per heavy atom. The number of carbonyl (C=O) groups excluding carboxylic acids is 2. The maximum atomic E-state index is 12.5. The highest BCUT2D eigenvalue weighted by atomic mass is 16.5. The van der Waals surface area contributed by atoms with Crippen LogP contribution >= 0.6 is 0 Å². The van der Waals surface area contributed by atoms with Crippen LogP contribution in [0, 0.1) is 5.92 Å². The monoisotopic (exact) mass is 317 g/mol. The third kappa shape index (κ3) is 3.82. The van der Waals surface area contributed by atoms with Crippen molar-refractivity contribution in [3.63, 3.8) is 0 Å². The third-order valence-corrected chi connectivity index (χ3v) is 4.47. The first-order valence-electron chi connectivity index (χ1n) is 8.06. The average molecular weight is 317 g/mol. The van der Waals surface area contributed by atoms with Gasteiger partial charge in [0.05, 0.1) is 31.8 Å². The van der Waals surface area contributed by atoms with Crippen LogP contribution < -0.4 is 20.7 Å². The van der Waals surface area contributed by atoms with Gasteiger partial charge in [0.25, 0.3) is 0 Å². The zero-order valence-corrected chi connectivity index (χ0v) is 13.5. The van der Waals surface area contributed by atoms with Crippen molar-refractivity contribution in [3.05, 3.63) is 29.8 Å². The van der Waals surface area contributed by atoms with Crippen molar-refractivity contribution < 1.29 is 14.3 Å². The molecule has 1 aliphatic heterocycles. The second-order valence-corrected chi connectivity index (χ2v) is 6.31. The first-order chi connectivity index (χ1) is 11.1. The van der Waals surface area contributed by atoms with Crippen molar-refractivity contribution in [1.29, 1.82) is 0 Å². The molecule has 23 heavy (non-hydrogen) atoms. The Hall–Kier alpha value is -2.08. The number of ether oxygens (including phenoxy) is 1. The summed E-state index contributed by atoms with van der Waals surface area (Å²) in [6.07, 6.45) is 2.33. The van der Waals surface area contributed by atoms with Crippen LogP contribution in [0.4, 0.5) is 0 Å². The summed E-state index contributed by atoms with van der Waals surface area (Å²) in [5.74, 6) is 1.06. The molecular weight excluding hydrogens is 294 g/mol. The van der Waals surface area contributed by atoms with Crippen LogP contribution in [0.1, 0.15) is 37.8 Å². The fourth-order valence-corrected chi connectivity index (χ4v) is 2.88. The van der Waals surface area contributed by atoms with E-state index < -0.39 is 6.04 Å². The summed E-state index contributed by atoms with van der Waals surface area (Å²) in [5.41, 5.74) is 0.998. The normalized spacial score (nSPS) is 25.4. The van der Waals surface area contributed by atoms with Gasteiger partial charge in [0.1, 0.15) is 5.75 Å². The lowest BCUT2D eigenvalue weighted by Crippen LogP contribution is -2.61. The van der Waals surface area contributed by atoms with Gasteiger partial charge in [-0.2, -0.15) is 0 Å². The quantitative estimate of drug-likeness (QED) is 0.759. The van der Waals surface area contributed by atoms with E-state index in [4.69, 9.17) is 4.74 Å². The Balaban J connectivity index is 1.59. The molecule has 0 radical (unpaired) electrons. The molecule has 6 heteroatoms. The molecule has 3 N–H and O–H groups in total. The maximum Gasteiger partial charge on any atom is 0.238 e. The summed E-state index contributed by atoms with van der Waals surface area (Å²) >= 11 is 0. The van der Waals surface area contributed by atoms with E-state index in [1.165, 1.54) is 0 Å². The van der Waals surface area contributed by atoms with Gasteiger partial charge in [-0.1, -0.05) is 12.1 Å². The fraction of sp³-hybridized carbons (Fsp3) is 0.529. The largest absolute Gasteiger partial charge is 0.497 e. The number of nitrogens with one attached hydrogen (secondary N) is 3. The molecule has 1 aromatic carbocycles. The van der Waals surface area contributed by atoms with Crippen molar-refractivity contribution >= 4 is 11.8 Å². The second kappa shape index (κ2) is 6.58. The van der Waals surface area contributed by atoms with Gasteiger partial charge in [0.15, 0.2) is 0 Å². The van der Waals surface area contributed by atoms with Crippen molar-refractivity contribution in [3.8, 4) is 5.75 Å². The number of benzene rings is 1. The predicted molar refractivity (Wildman–Crippen MR) is 85.7 cm³/mol. The summed E-state index contributed by atoms with van der Waals surface area (Å²) in [7, 11) is 1.62. The molecule has 1 saturated heterocycles. The van der Waals surface area contributed by atoms with Crippen molar-refractivity contribution in [2.24, 2.45) is 5.92 Å². The van der Waals surface area contributed by atoms with Crippen molar-refractivity contribution in [2.45, 2.75) is 44.4 Å². The number of hydrogen-bond acceptors (Lipinski definition) is 4. The van der Waals surface area contributed by atoms with E-state index in [1.807, 2.05) is 31.2 Å². The molecule has 1 saturated carbocycles. The summed E-state index contributed by atoms with van der Waals surface area (Å²) in [6, 6.07) is 7.01. The first kappa shape index (κ1) is 15.8. The van der Waals surface area contributed by atoms with Crippen LogP contribution in [0.15, 0.2) is 24.3 Å². The van der Waals surface area contributed by atoms with Crippen molar-refractivity contribution in [2.75, 3.05) is 7.11 Å². The Bertz CT molecular complexity index is 583. The van der Waals surface area contributed by atoms with E-state index in [1.54, 1.807) is 7.11 Å². The van der Waals surface area contributed by atoms with Gasteiger partial charge in [0, 0.05) is 0 Å². The molecule has 124 valence electrons. The lowest BCUT2D eigenvalue weighted by molar-refractivity contribution is -0.132. The third-order valence-electron chi connectivity index (χ3n) is 4.47. The molecule has 2 unspecified atom stereocenters. The number of carbonyl (C=O) groups is 2. The molecule has 0 aromatic heterocycles. The molecule has 1 heterocycles. The minimum atomic E-state index is -0.463. The molecule has 1 aliphatic carbocycles. The molecule has 2 aliphatic rings. The smallest absolute Gasteiger partial charge is 0.238 e. The van der Waals surface area contributed by atoms with Crippen molar-refractivity contribution in [1.82, 2.24) is 16.0 Å². The van der Waals surface area contributed by atoms with Gasteiger partial charge < -0.3 is 15.4 Å². The van der Waals surface area contributed by atoms with E-state index in [9.17, 15) is 9.59 Å². The highest BCUT2D eigenvalue weighted by molar-refractivity contribution is 5.89. The van der Waals surface area contributed by atoms with Gasteiger partial charge in [0.2, 0.25) is 11.8 Å². The predicted octanol–water partition coefficient (Wildman–Crippen LogP) is 1.09. The van der Waals surface area contributed by atoms with Gasteiger partial charge in [-0.05, 0) is 43.4 Å². The molecule has 0 bridgehead atoms. The lowest BCUT2D eigenvalue weighted by Gasteiger charge is -2.31. The van der Waals surface area contributed by atoms with E-state index in [2.05, 4.69) is 16.0 Å². The number of amides is 2. The first-order valence-corrected chi connectivity index (χ1v) is 8.06. The summed E-state index contributed by atoms with van der Waals surface area (Å²) in [4.78, 5) is 24.3. The zero-order chi connectivity index (χ0) is 16.4. The van der Waals surface area contributed by atoms with Gasteiger partial charge in [-0.15, -0.1) is 0 Å². The lowest BCUT2D eigenvalue weighted by atomic mass is 10.0. The van der Waals surface area contributed by atoms with E-state index >= 15 is 0 Å². The molecule has 2 amide bonds. The topological polar surface area (TPSA) is 79.5 Å². The maximum absolute atomic E-state index is 12.5. The van der Waals surface area contributed by atoms with Crippen LogP contribution in [0.2, 0.25) is 0 Å². The summed E-state index contributed by atoms with van der Waals surface area (Å²) in [6.45, 7) is 1.93. The SMILES string of the molecule is COc1ccc([C@@H](C)NC(=O)C2CC(=O)NC(C3CC3)N2)cc1. The van der Waals surface area contributed by atoms with Gasteiger partial charge in [-0.25, -0.2) is 0 Å². The highest BCUT2D eigenvalue weighted by Gasteiger charge is 2.39. The molecular formula is C17H23N3O3. The van der Waals surface area contributed by atoms with Crippen LogP contribution in [-0.2, 0) is 9.59 Å². The van der Waals surface area contributed by atoms with Gasteiger partial charge in [-0.3, -0.25) is 14.9 Å². The molecule has 3 rings (SSSR count). The Morgan fingerprint density at radius 1 is 1.30 bits per heavy atom.